The van der Waals surface area contributed by atoms with Crippen LogP contribution < -0.4 is 10.6 Å². The summed E-state index contributed by atoms with van der Waals surface area (Å²) in [5.74, 6) is -0.522. The zero-order chi connectivity index (χ0) is 20.1. The molecule has 0 fully saturated rings. The maximum Gasteiger partial charge on any atom is 0.262 e. The fourth-order valence-corrected chi connectivity index (χ4v) is 3.41. The zero-order valence-corrected chi connectivity index (χ0v) is 16.9. The van der Waals surface area contributed by atoms with E-state index in [-0.39, 0.29) is 17.9 Å². The zero-order valence-electron chi connectivity index (χ0n) is 16.1. The van der Waals surface area contributed by atoms with Crippen molar-refractivity contribution < 1.29 is 9.59 Å². The third-order valence-corrected chi connectivity index (χ3v) is 5.33. The summed E-state index contributed by atoms with van der Waals surface area (Å²) in [4.78, 5) is 30.1. The van der Waals surface area contributed by atoms with E-state index >= 15 is 0 Å². The van der Waals surface area contributed by atoms with Gasteiger partial charge in [-0.05, 0) is 55.5 Å². The van der Waals surface area contributed by atoms with Crippen LogP contribution in [-0.4, -0.2) is 22.3 Å². The molecular weight excluding hydrogens is 370 g/mol. The molecule has 0 radical (unpaired) electrons. The van der Waals surface area contributed by atoms with Gasteiger partial charge in [0.15, 0.2) is 0 Å². The lowest BCUT2D eigenvalue weighted by Crippen LogP contribution is -2.55. The number of aryl methyl sites for hydroxylation is 1. The predicted molar refractivity (Wildman–Crippen MR) is 111 cm³/mol. The summed E-state index contributed by atoms with van der Waals surface area (Å²) < 4.78 is 0. The van der Waals surface area contributed by atoms with Crippen molar-refractivity contribution in [3.63, 3.8) is 0 Å². The van der Waals surface area contributed by atoms with Crippen molar-refractivity contribution in [2.75, 3.05) is 0 Å². The summed E-state index contributed by atoms with van der Waals surface area (Å²) in [6.07, 6.45) is 3.40. The minimum absolute atomic E-state index is 0.258. The van der Waals surface area contributed by atoms with Gasteiger partial charge in [0.25, 0.3) is 5.91 Å². The molecule has 2 heterocycles. The summed E-state index contributed by atoms with van der Waals surface area (Å²) >= 11 is 1.34. The summed E-state index contributed by atoms with van der Waals surface area (Å²) in [6.45, 7) is 5.42. The molecule has 28 heavy (non-hydrogen) atoms. The van der Waals surface area contributed by atoms with Crippen LogP contribution in [0.5, 0.6) is 0 Å². The number of benzene rings is 1. The first-order chi connectivity index (χ1) is 13.4. The monoisotopic (exact) mass is 393 g/mol. The van der Waals surface area contributed by atoms with Gasteiger partial charge >= 0.3 is 0 Å². The number of nitrogens with one attached hydrogen (secondary N) is 2. The van der Waals surface area contributed by atoms with Gasteiger partial charge in [-0.15, -0.1) is 11.3 Å². The Morgan fingerprint density at radius 3 is 2.25 bits per heavy atom. The number of carbonyl (C=O) groups is 2. The topological polar surface area (TPSA) is 71.1 Å². The molecule has 5 nitrogen and oxygen atoms in total. The van der Waals surface area contributed by atoms with E-state index in [1.54, 1.807) is 32.3 Å². The minimum Gasteiger partial charge on any atom is -0.343 e. The van der Waals surface area contributed by atoms with Crippen molar-refractivity contribution in [2.45, 2.75) is 32.4 Å². The fraction of sp³-hybridized carbons (Fsp3) is 0.227. The number of carbonyl (C=O) groups excluding carboxylic acids is 2. The van der Waals surface area contributed by atoms with Gasteiger partial charge in [0, 0.05) is 12.4 Å². The van der Waals surface area contributed by atoms with Crippen LogP contribution in [0.1, 0.15) is 46.3 Å². The van der Waals surface area contributed by atoms with Gasteiger partial charge < -0.3 is 10.6 Å². The maximum absolute atomic E-state index is 13.1. The van der Waals surface area contributed by atoms with Gasteiger partial charge in [-0.1, -0.05) is 35.9 Å². The van der Waals surface area contributed by atoms with Gasteiger partial charge in [0.05, 0.1) is 10.9 Å². The van der Waals surface area contributed by atoms with Gasteiger partial charge in [-0.25, -0.2) is 0 Å². The number of pyridine rings is 1. The van der Waals surface area contributed by atoms with E-state index in [1.807, 2.05) is 54.8 Å². The third kappa shape index (κ3) is 4.64. The summed E-state index contributed by atoms with van der Waals surface area (Å²) in [5, 5.41) is 7.74. The predicted octanol–water partition coefficient (Wildman–Crippen LogP) is 3.87. The average Bonchev–Trinajstić information content (AvgIpc) is 3.22. The van der Waals surface area contributed by atoms with Crippen LogP contribution in [0.4, 0.5) is 0 Å². The standard InChI is InChI=1S/C22H23N3O2S/c1-15-6-8-16(9-7-15)19(17-10-12-23-13-11-17)24-21(27)22(2,3)25-20(26)18-5-4-14-28-18/h4-14,19H,1-3H3,(H,24,27)(H,25,26)/t19-/m0/s1. The van der Waals surface area contributed by atoms with Crippen molar-refractivity contribution in [3.05, 3.63) is 87.9 Å². The number of hydrogen-bond donors (Lipinski definition) is 2. The smallest absolute Gasteiger partial charge is 0.262 e. The van der Waals surface area contributed by atoms with Gasteiger partial charge in [0.1, 0.15) is 5.54 Å². The van der Waals surface area contributed by atoms with Crippen LogP contribution in [0, 0.1) is 6.92 Å². The minimum atomic E-state index is -1.07. The van der Waals surface area contributed by atoms with E-state index in [0.29, 0.717) is 4.88 Å². The van der Waals surface area contributed by atoms with Gasteiger partial charge in [0.2, 0.25) is 5.91 Å². The lowest BCUT2D eigenvalue weighted by Gasteiger charge is -2.28. The molecule has 0 aliphatic rings. The molecule has 2 amide bonds. The number of aromatic nitrogens is 1. The van der Waals surface area contributed by atoms with Crippen LogP contribution in [0.15, 0.2) is 66.3 Å². The lowest BCUT2D eigenvalue weighted by atomic mass is 9.96. The number of rotatable bonds is 6. The van der Waals surface area contributed by atoms with Crippen molar-refractivity contribution in [1.29, 1.82) is 0 Å². The van der Waals surface area contributed by atoms with E-state index in [9.17, 15) is 9.59 Å². The molecule has 0 unspecified atom stereocenters. The molecule has 0 aliphatic carbocycles. The summed E-state index contributed by atoms with van der Waals surface area (Å²) in [6, 6.07) is 15.0. The molecule has 144 valence electrons. The van der Waals surface area contributed by atoms with E-state index < -0.39 is 5.54 Å². The van der Waals surface area contributed by atoms with E-state index in [1.165, 1.54) is 11.3 Å². The molecule has 3 aromatic rings. The highest BCUT2D eigenvalue weighted by molar-refractivity contribution is 7.12. The second-order valence-electron chi connectivity index (χ2n) is 7.15. The van der Waals surface area contributed by atoms with Crippen LogP contribution in [0.3, 0.4) is 0 Å². The van der Waals surface area contributed by atoms with Crippen molar-refractivity contribution in [2.24, 2.45) is 0 Å². The summed E-state index contributed by atoms with van der Waals surface area (Å²) in [5.41, 5.74) is 1.96. The molecule has 0 aliphatic heterocycles. The van der Waals surface area contributed by atoms with Crippen LogP contribution >= 0.6 is 11.3 Å². The van der Waals surface area contributed by atoms with E-state index in [2.05, 4.69) is 15.6 Å². The highest BCUT2D eigenvalue weighted by atomic mass is 32.1. The SMILES string of the molecule is Cc1ccc([C@H](NC(=O)C(C)(C)NC(=O)c2cccs2)c2ccncc2)cc1. The quantitative estimate of drug-likeness (QED) is 0.668. The molecule has 2 aromatic heterocycles. The molecule has 6 heteroatoms. The van der Waals surface area contributed by atoms with Crippen LogP contribution in [0.2, 0.25) is 0 Å². The normalized spacial score (nSPS) is 12.2. The van der Waals surface area contributed by atoms with Crippen molar-refractivity contribution in [3.8, 4) is 0 Å². The molecular formula is C22H23N3O2S. The second kappa shape index (κ2) is 8.35. The summed E-state index contributed by atoms with van der Waals surface area (Å²) in [7, 11) is 0. The Kier molecular flexibility index (Phi) is 5.90. The first kappa shape index (κ1) is 19.8. The third-order valence-electron chi connectivity index (χ3n) is 4.46. The van der Waals surface area contributed by atoms with Crippen LogP contribution in [0.25, 0.3) is 0 Å². The number of amides is 2. The van der Waals surface area contributed by atoms with Crippen molar-refractivity contribution in [1.82, 2.24) is 15.6 Å². The molecule has 0 bridgehead atoms. The lowest BCUT2D eigenvalue weighted by molar-refractivity contribution is -0.126. The van der Waals surface area contributed by atoms with Crippen molar-refractivity contribution >= 4 is 23.2 Å². The Balaban J connectivity index is 1.82. The van der Waals surface area contributed by atoms with Gasteiger partial charge in [-0.3, -0.25) is 14.6 Å². The number of nitrogens with zero attached hydrogens (tertiary/aromatic N) is 1. The Morgan fingerprint density at radius 1 is 1.00 bits per heavy atom. The molecule has 0 saturated heterocycles. The molecule has 0 spiro atoms. The number of hydrogen-bond acceptors (Lipinski definition) is 4. The molecule has 2 N–H and O–H groups in total. The van der Waals surface area contributed by atoms with E-state index in [4.69, 9.17) is 0 Å². The van der Waals surface area contributed by atoms with E-state index in [0.717, 1.165) is 16.7 Å². The first-order valence-electron chi connectivity index (χ1n) is 9.00. The Hall–Kier alpha value is -2.99. The molecule has 1 aromatic carbocycles. The molecule has 0 saturated carbocycles. The Labute approximate surface area is 168 Å². The average molecular weight is 394 g/mol. The highest BCUT2D eigenvalue weighted by Gasteiger charge is 2.32. The second-order valence-corrected chi connectivity index (χ2v) is 8.10. The molecule has 1 atom stereocenters. The largest absolute Gasteiger partial charge is 0.343 e. The molecule has 3 rings (SSSR count). The number of thiophene rings is 1. The Morgan fingerprint density at radius 2 is 1.64 bits per heavy atom. The fourth-order valence-electron chi connectivity index (χ4n) is 2.80. The van der Waals surface area contributed by atoms with Crippen LogP contribution in [-0.2, 0) is 4.79 Å². The van der Waals surface area contributed by atoms with Gasteiger partial charge in [-0.2, -0.15) is 0 Å². The highest BCUT2D eigenvalue weighted by Crippen LogP contribution is 2.23. The first-order valence-corrected chi connectivity index (χ1v) is 9.88. The maximum atomic E-state index is 13.1. The Bertz CT molecular complexity index is 936.